The van der Waals surface area contributed by atoms with E-state index in [1.54, 1.807) is 22.6 Å². The van der Waals surface area contributed by atoms with Crippen LogP contribution in [0.2, 0.25) is 0 Å². The van der Waals surface area contributed by atoms with Crippen LogP contribution in [-0.4, -0.2) is 36.7 Å². The van der Waals surface area contributed by atoms with Crippen LogP contribution in [-0.2, 0) is 12.8 Å². The predicted molar refractivity (Wildman–Crippen MR) is 73.2 cm³/mol. The van der Waals surface area contributed by atoms with E-state index in [2.05, 4.69) is 22.0 Å². The van der Waals surface area contributed by atoms with Gasteiger partial charge < -0.3 is 10.8 Å². The second-order valence-corrected chi connectivity index (χ2v) is 5.59. The largest absolute Gasteiger partial charge is 0.396 e. The maximum absolute atomic E-state index is 8.85. The topological polar surface area (TPSA) is 89.9 Å². The molecule has 0 fully saturated rings. The Labute approximate surface area is 110 Å². The third kappa shape index (κ3) is 2.73. The van der Waals surface area contributed by atoms with Gasteiger partial charge in [0.15, 0.2) is 5.65 Å². The molecule has 18 heavy (non-hydrogen) atoms. The first-order valence-corrected chi connectivity index (χ1v) is 6.83. The lowest BCUT2D eigenvalue weighted by molar-refractivity contribution is 0.289. The minimum Gasteiger partial charge on any atom is -0.396 e. The van der Waals surface area contributed by atoms with Crippen LogP contribution < -0.4 is 5.73 Å². The van der Waals surface area contributed by atoms with Gasteiger partial charge in [-0.25, -0.2) is 9.97 Å². The van der Waals surface area contributed by atoms with E-state index in [0.29, 0.717) is 22.6 Å². The molecule has 6 nitrogen and oxygen atoms in total. The summed E-state index contributed by atoms with van der Waals surface area (Å²) in [7, 11) is 1.83. The van der Waals surface area contributed by atoms with Gasteiger partial charge in [0.25, 0.3) is 0 Å². The zero-order chi connectivity index (χ0) is 13.1. The summed E-state index contributed by atoms with van der Waals surface area (Å²) in [6.45, 7) is 2.28. The molecule has 0 amide bonds. The molecule has 1 atom stereocenters. The Bertz CT molecular complexity index is 541. The van der Waals surface area contributed by atoms with Crippen LogP contribution in [0.4, 0.5) is 5.82 Å². The highest BCUT2D eigenvalue weighted by molar-refractivity contribution is 7.99. The van der Waals surface area contributed by atoms with E-state index < -0.39 is 0 Å². The van der Waals surface area contributed by atoms with Gasteiger partial charge in [0.2, 0.25) is 0 Å². The van der Waals surface area contributed by atoms with E-state index in [-0.39, 0.29) is 6.61 Å². The molecule has 1 unspecified atom stereocenters. The molecular formula is C11H17N5OS. The van der Waals surface area contributed by atoms with Crippen LogP contribution in [0.1, 0.15) is 19.2 Å². The second kappa shape index (κ2) is 5.53. The molecule has 0 saturated heterocycles. The first-order chi connectivity index (χ1) is 8.61. The van der Waals surface area contributed by atoms with Gasteiger partial charge in [-0.05, 0) is 6.42 Å². The van der Waals surface area contributed by atoms with Crippen molar-refractivity contribution in [2.75, 3.05) is 12.3 Å². The molecule has 2 rings (SSSR count). The Hall–Kier alpha value is -1.34. The van der Waals surface area contributed by atoms with Gasteiger partial charge in [-0.3, -0.25) is 4.68 Å². The van der Waals surface area contributed by atoms with Gasteiger partial charge in [0.05, 0.1) is 17.3 Å². The minimum atomic E-state index is 0.206. The molecule has 2 heterocycles. The van der Waals surface area contributed by atoms with Crippen molar-refractivity contribution < 1.29 is 5.11 Å². The van der Waals surface area contributed by atoms with Crippen LogP contribution in [0, 0.1) is 0 Å². The van der Waals surface area contributed by atoms with Crippen LogP contribution in [0.15, 0.2) is 6.20 Å². The van der Waals surface area contributed by atoms with Crippen LogP contribution in [0.25, 0.3) is 11.0 Å². The third-order valence-corrected chi connectivity index (χ3v) is 3.93. The molecule has 2 aromatic rings. The number of nitrogens with two attached hydrogens (primary N) is 1. The maximum Gasteiger partial charge on any atom is 0.163 e. The number of anilines is 1. The molecule has 0 aliphatic heterocycles. The summed E-state index contributed by atoms with van der Waals surface area (Å²) in [6, 6.07) is 0. The number of aromatic nitrogens is 4. The molecule has 0 spiro atoms. The Kier molecular flexibility index (Phi) is 4.03. The fourth-order valence-electron chi connectivity index (χ4n) is 1.64. The number of rotatable bonds is 5. The molecule has 0 aliphatic carbocycles. The Morgan fingerprint density at radius 3 is 3.00 bits per heavy atom. The van der Waals surface area contributed by atoms with Crippen molar-refractivity contribution in [3.05, 3.63) is 12.0 Å². The Morgan fingerprint density at radius 1 is 1.50 bits per heavy atom. The van der Waals surface area contributed by atoms with Crippen molar-refractivity contribution in [2.24, 2.45) is 7.05 Å². The summed E-state index contributed by atoms with van der Waals surface area (Å²) in [4.78, 5) is 8.73. The van der Waals surface area contributed by atoms with Gasteiger partial charge >= 0.3 is 0 Å². The number of fused-ring (bicyclic) bond motifs is 1. The fraction of sp³-hybridized carbons (Fsp3) is 0.545. The number of thioether (sulfide) groups is 1. The highest BCUT2D eigenvalue weighted by Gasteiger charge is 2.10. The quantitative estimate of drug-likeness (QED) is 0.838. The number of aliphatic hydroxyl groups is 1. The van der Waals surface area contributed by atoms with Gasteiger partial charge in [0, 0.05) is 18.9 Å². The summed E-state index contributed by atoms with van der Waals surface area (Å²) in [5.74, 6) is 1.86. The first-order valence-electron chi connectivity index (χ1n) is 5.78. The van der Waals surface area contributed by atoms with Crippen LogP contribution in [0.3, 0.4) is 0 Å². The second-order valence-electron chi connectivity index (χ2n) is 4.16. The molecule has 3 N–H and O–H groups in total. The molecular weight excluding hydrogens is 250 g/mol. The molecule has 2 aromatic heterocycles. The van der Waals surface area contributed by atoms with E-state index in [1.807, 2.05) is 7.05 Å². The monoisotopic (exact) mass is 267 g/mol. The molecule has 0 aliphatic rings. The van der Waals surface area contributed by atoms with Crippen molar-refractivity contribution in [1.82, 2.24) is 19.7 Å². The SMILES string of the molecule is CC(CCO)SCc1nc(N)c2cnn(C)c2n1. The summed E-state index contributed by atoms with van der Waals surface area (Å²) in [5, 5.41) is 14.1. The van der Waals surface area contributed by atoms with E-state index in [1.165, 1.54) is 0 Å². The average Bonchev–Trinajstić information content (AvgIpc) is 2.70. The number of nitrogen functional groups attached to an aromatic ring is 1. The number of hydrogen-bond acceptors (Lipinski definition) is 6. The van der Waals surface area contributed by atoms with E-state index in [4.69, 9.17) is 10.8 Å². The van der Waals surface area contributed by atoms with E-state index >= 15 is 0 Å². The van der Waals surface area contributed by atoms with Crippen molar-refractivity contribution in [1.29, 1.82) is 0 Å². The van der Waals surface area contributed by atoms with E-state index in [0.717, 1.165) is 17.5 Å². The smallest absolute Gasteiger partial charge is 0.163 e. The van der Waals surface area contributed by atoms with Crippen molar-refractivity contribution in [2.45, 2.75) is 24.3 Å². The molecule has 0 radical (unpaired) electrons. The Morgan fingerprint density at radius 2 is 2.28 bits per heavy atom. The zero-order valence-corrected chi connectivity index (χ0v) is 11.3. The van der Waals surface area contributed by atoms with Gasteiger partial charge in [0.1, 0.15) is 11.6 Å². The summed E-state index contributed by atoms with van der Waals surface area (Å²) in [6.07, 6.45) is 2.45. The molecule has 7 heteroatoms. The molecule has 98 valence electrons. The van der Waals surface area contributed by atoms with Gasteiger partial charge in [-0.1, -0.05) is 6.92 Å². The lowest BCUT2D eigenvalue weighted by atomic mass is 10.3. The van der Waals surface area contributed by atoms with Gasteiger partial charge in [-0.15, -0.1) is 0 Å². The Balaban J connectivity index is 2.16. The molecule has 0 aromatic carbocycles. The van der Waals surface area contributed by atoms with Crippen LogP contribution in [0.5, 0.6) is 0 Å². The maximum atomic E-state index is 8.85. The lowest BCUT2D eigenvalue weighted by Gasteiger charge is -2.08. The number of nitrogens with zero attached hydrogens (tertiary/aromatic N) is 4. The summed E-state index contributed by atoms with van der Waals surface area (Å²) >= 11 is 1.71. The standard InChI is InChI=1S/C11H17N5OS/c1-7(3-4-17)18-6-9-14-10(12)8-5-13-16(2)11(8)15-9/h5,7,17H,3-4,6H2,1-2H3,(H2,12,14,15). The van der Waals surface area contributed by atoms with Crippen LogP contribution >= 0.6 is 11.8 Å². The number of aliphatic hydroxyl groups excluding tert-OH is 1. The highest BCUT2D eigenvalue weighted by Crippen LogP contribution is 2.21. The summed E-state index contributed by atoms with van der Waals surface area (Å²) < 4.78 is 1.69. The summed E-state index contributed by atoms with van der Waals surface area (Å²) in [5.41, 5.74) is 6.64. The van der Waals surface area contributed by atoms with Gasteiger partial charge in [-0.2, -0.15) is 16.9 Å². The fourth-order valence-corrected chi connectivity index (χ4v) is 2.47. The number of hydrogen-bond donors (Lipinski definition) is 2. The molecule has 0 bridgehead atoms. The lowest BCUT2D eigenvalue weighted by Crippen LogP contribution is -2.04. The van der Waals surface area contributed by atoms with Crippen molar-refractivity contribution in [3.8, 4) is 0 Å². The third-order valence-electron chi connectivity index (χ3n) is 2.70. The highest BCUT2D eigenvalue weighted by atomic mass is 32.2. The minimum absolute atomic E-state index is 0.206. The van der Waals surface area contributed by atoms with Crippen molar-refractivity contribution in [3.63, 3.8) is 0 Å². The first kappa shape index (κ1) is 13.1. The normalized spacial score (nSPS) is 13.1. The number of aryl methyl sites for hydroxylation is 1. The average molecular weight is 267 g/mol. The predicted octanol–water partition coefficient (Wildman–Crippen LogP) is 0.950. The molecule has 0 saturated carbocycles. The zero-order valence-electron chi connectivity index (χ0n) is 10.5. The van der Waals surface area contributed by atoms with Crippen molar-refractivity contribution >= 4 is 28.6 Å². The van der Waals surface area contributed by atoms with E-state index in [9.17, 15) is 0 Å².